The van der Waals surface area contributed by atoms with Crippen LogP contribution in [0.3, 0.4) is 0 Å². The van der Waals surface area contributed by atoms with Gasteiger partial charge in [-0.05, 0) is 19.8 Å². The number of carbonyl (C=O) groups excluding carboxylic acids is 1. The highest BCUT2D eigenvalue weighted by atomic mass is 32.2. The normalized spacial score (nSPS) is 33.8. The number of hydrogen-bond donors (Lipinski definition) is 0. The van der Waals surface area contributed by atoms with E-state index in [-0.39, 0.29) is 11.7 Å². The molecular weight excluding hydrogens is 148 g/mol. The molecule has 1 rings (SSSR count). The maximum Gasteiger partial charge on any atom is 0.137 e. The molecule has 0 saturated carbocycles. The third-order valence-electron chi connectivity index (χ3n) is 1.89. The molecule has 1 aliphatic rings. The fourth-order valence-electron chi connectivity index (χ4n) is 1.20. The Hall–Kier alpha value is -0.0200. The average molecular weight is 160 g/mol. The van der Waals surface area contributed by atoms with E-state index < -0.39 is 11.2 Å². The van der Waals surface area contributed by atoms with Gasteiger partial charge < -0.3 is 4.55 Å². The molecule has 1 heterocycles. The molecule has 1 aliphatic heterocycles. The molecule has 3 heteroatoms. The lowest BCUT2D eigenvalue weighted by Crippen LogP contribution is -2.29. The molecule has 0 bridgehead atoms. The molecule has 58 valence electrons. The molecule has 0 amide bonds. The number of rotatable bonds is 1. The molecule has 2 nitrogen and oxygen atoms in total. The van der Waals surface area contributed by atoms with E-state index in [9.17, 15) is 9.35 Å². The fourth-order valence-corrected chi connectivity index (χ4v) is 2.71. The van der Waals surface area contributed by atoms with Crippen molar-refractivity contribution < 1.29 is 9.35 Å². The summed E-state index contributed by atoms with van der Waals surface area (Å²) >= 11 is -0.712. The van der Waals surface area contributed by atoms with Gasteiger partial charge in [-0.25, -0.2) is 0 Å². The first-order chi connectivity index (χ1) is 4.70. The first-order valence-electron chi connectivity index (χ1n) is 3.55. The summed E-state index contributed by atoms with van der Waals surface area (Å²) in [6, 6.07) is 0. The van der Waals surface area contributed by atoms with Crippen molar-refractivity contribution in [2.45, 2.75) is 19.8 Å². The van der Waals surface area contributed by atoms with Crippen LogP contribution in [0.15, 0.2) is 0 Å². The summed E-state index contributed by atoms with van der Waals surface area (Å²) < 4.78 is 10.9. The minimum Gasteiger partial charge on any atom is -0.616 e. The largest absolute Gasteiger partial charge is 0.616 e. The van der Waals surface area contributed by atoms with Gasteiger partial charge in [-0.3, -0.25) is 4.79 Å². The first-order valence-corrected chi connectivity index (χ1v) is 5.04. The second-order valence-electron chi connectivity index (χ2n) is 2.76. The Balaban J connectivity index is 2.39. The van der Waals surface area contributed by atoms with Crippen molar-refractivity contribution in [2.24, 2.45) is 5.92 Å². The van der Waals surface area contributed by atoms with Crippen LogP contribution in [-0.2, 0) is 16.0 Å². The summed E-state index contributed by atoms with van der Waals surface area (Å²) in [7, 11) is 0. The highest BCUT2D eigenvalue weighted by molar-refractivity contribution is 7.91. The van der Waals surface area contributed by atoms with Gasteiger partial charge in [0, 0.05) is 0 Å². The van der Waals surface area contributed by atoms with E-state index in [0.29, 0.717) is 5.75 Å². The molecule has 0 unspecified atom stereocenters. The van der Waals surface area contributed by atoms with E-state index in [2.05, 4.69) is 0 Å². The quantitative estimate of drug-likeness (QED) is 0.531. The predicted octanol–water partition coefficient (Wildman–Crippen LogP) is 0.734. The van der Waals surface area contributed by atoms with Crippen molar-refractivity contribution in [3.8, 4) is 0 Å². The molecule has 0 aromatic rings. The van der Waals surface area contributed by atoms with E-state index >= 15 is 0 Å². The molecule has 10 heavy (non-hydrogen) atoms. The molecule has 0 aliphatic carbocycles. The third-order valence-corrected chi connectivity index (χ3v) is 3.40. The molecule has 2 atom stereocenters. The summed E-state index contributed by atoms with van der Waals surface area (Å²) in [5.41, 5.74) is 0. The van der Waals surface area contributed by atoms with Gasteiger partial charge in [0.1, 0.15) is 17.3 Å². The van der Waals surface area contributed by atoms with Crippen LogP contribution in [0, 0.1) is 5.92 Å². The lowest BCUT2D eigenvalue weighted by atomic mass is 10.0. The number of ketones is 1. The van der Waals surface area contributed by atoms with E-state index in [1.807, 2.05) is 0 Å². The zero-order chi connectivity index (χ0) is 7.56. The van der Waals surface area contributed by atoms with E-state index in [1.54, 1.807) is 6.92 Å². The van der Waals surface area contributed by atoms with Gasteiger partial charge >= 0.3 is 0 Å². The maximum absolute atomic E-state index is 10.9. The molecule has 0 N–H and O–H groups in total. The second kappa shape index (κ2) is 3.39. The number of carbonyl (C=O) groups is 1. The van der Waals surface area contributed by atoms with Gasteiger partial charge in [0.2, 0.25) is 0 Å². The van der Waals surface area contributed by atoms with Gasteiger partial charge in [0.15, 0.2) is 0 Å². The highest BCUT2D eigenvalue weighted by Gasteiger charge is 2.25. The zero-order valence-corrected chi connectivity index (χ0v) is 6.95. The molecule has 1 saturated heterocycles. The van der Waals surface area contributed by atoms with E-state index in [4.69, 9.17) is 0 Å². The van der Waals surface area contributed by atoms with Crippen LogP contribution >= 0.6 is 0 Å². The number of Topliss-reactive ketones (excluding diaryl/α,β-unsaturated/α-hetero) is 1. The number of hydrogen-bond acceptors (Lipinski definition) is 2. The average Bonchev–Trinajstić information content (AvgIpc) is 1.88. The van der Waals surface area contributed by atoms with E-state index in [0.717, 1.165) is 18.6 Å². The Bertz CT molecular complexity index is 136. The Morgan fingerprint density at radius 1 is 1.70 bits per heavy atom. The second-order valence-corrected chi connectivity index (χ2v) is 4.38. The van der Waals surface area contributed by atoms with Gasteiger partial charge in [-0.15, -0.1) is 0 Å². The van der Waals surface area contributed by atoms with Crippen LogP contribution in [0.1, 0.15) is 19.8 Å². The third kappa shape index (κ3) is 1.99. The summed E-state index contributed by atoms with van der Waals surface area (Å²) in [4.78, 5) is 10.8. The highest BCUT2D eigenvalue weighted by Crippen LogP contribution is 2.18. The maximum atomic E-state index is 10.9. The predicted molar refractivity (Wildman–Crippen MR) is 41.3 cm³/mol. The molecule has 1 fully saturated rings. The molecule has 0 spiro atoms. The topological polar surface area (TPSA) is 40.1 Å². The molecular formula is C7H12O2S. The van der Waals surface area contributed by atoms with Gasteiger partial charge in [-0.2, -0.15) is 0 Å². The summed E-state index contributed by atoms with van der Waals surface area (Å²) in [6.07, 6.45) is 1.90. The smallest absolute Gasteiger partial charge is 0.137 e. The zero-order valence-electron chi connectivity index (χ0n) is 6.13. The van der Waals surface area contributed by atoms with E-state index in [1.165, 1.54) is 0 Å². The van der Waals surface area contributed by atoms with Crippen molar-refractivity contribution in [3.63, 3.8) is 0 Å². The van der Waals surface area contributed by atoms with Crippen LogP contribution in [-0.4, -0.2) is 21.8 Å². The van der Waals surface area contributed by atoms with Crippen LogP contribution in [0.5, 0.6) is 0 Å². The van der Waals surface area contributed by atoms with Crippen molar-refractivity contribution >= 4 is 17.0 Å². The summed E-state index contributed by atoms with van der Waals surface area (Å²) in [6.45, 7) is 1.59. The Morgan fingerprint density at radius 2 is 2.40 bits per heavy atom. The fraction of sp³-hybridized carbons (Fsp3) is 0.857. The van der Waals surface area contributed by atoms with Gasteiger partial charge in [0.25, 0.3) is 0 Å². The monoisotopic (exact) mass is 160 g/mol. The Labute approximate surface area is 64.2 Å². The van der Waals surface area contributed by atoms with Crippen molar-refractivity contribution in [1.29, 1.82) is 0 Å². The first kappa shape index (κ1) is 8.08. The van der Waals surface area contributed by atoms with Crippen LogP contribution in [0.2, 0.25) is 0 Å². The lowest BCUT2D eigenvalue weighted by molar-refractivity contribution is -0.120. The standard InChI is InChI=1S/C7H12O2S/c1-6(8)7-3-2-4-10(9)5-7/h7H,2-5H2,1H3/t7-,10-/m1/s1. The minimum atomic E-state index is -0.712. The Morgan fingerprint density at radius 3 is 2.80 bits per heavy atom. The van der Waals surface area contributed by atoms with Crippen LogP contribution in [0.25, 0.3) is 0 Å². The van der Waals surface area contributed by atoms with Crippen molar-refractivity contribution in [3.05, 3.63) is 0 Å². The molecule has 0 radical (unpaired) electrons. The molecule has 0 aromatic carbocycles. The Kier molecular flexibility index (Phi) is 2.74. The molecule has 0 aromatic heterocycles. The van der Waals surface area contributed by atoms with Gasteiger partial charge in [-0.1, -0.05) is 11.2 Å². The van der Waals surface area contributed by atoms with Crippen molar-refractivity contribution in [1.82, 2.24) is 0 Å². The summed E-state index contributed by atoms with van der Waals surface area (Å²) in [5, 5.41) is 0. The lowest BCUT2D eigenvalue weighted by Gasteiger charge is -2.22. The van der Waals surface area contributed by atoms with Crippen LogP contribution < -0.4 is 0 Å². The SMILES string of the molecule is CC(=O)[C@@H]1CCC[S@@+]([O-])C1. The summed E-state index contributed by atoms with van der Waals surface area (Å²) in [5.74, 6) is 1.70. The van der Waals surface area contributed by atoms with Gasteiger partial charge in [0.05, 0.1) is 5.92 Å². The van der Waals surface area contributed by atoms with Crippen LogP contribution in [0.4, 0.5) is 0 Å². The minimum absolute atomic E-state index is 0.0922. The van der Waals surface area contributed by atoms with Crippen molar-refractivity contribution in [2.75, 3.05) is 11.5 Å².